The predicted molar refractivity (Wildman–Crippen MR) is 82.3 cm³/mol. The molecule has 1 saturated carbocycles. The Hall–Kier alpha value is -0.800. The fourth-order valence-corrected chi connectivity index (χ4v) is 3.49. The van der Waals surface area contributed by atoms with Crippen molar-refractivity contribution in [3.05, 3.63) is 50.6 Å². The van der Waals surface area contributed by atoms with Crippen molar-refractivity contribution in [3.63, 3.8) is 0 Å². The van der Waals surface area contributed by atoms with Crippen LogP contribution in [0.4, 0.5) is 5.69 Å². The summed E-state index contributed by atoms with van der Waals surface area (Å²) >= 11 is 5.53. The van der Waals surface area contributed by atoms with Crippen LogP contribution in [-0.4, -0.2) is 0 Å². The Morgan fingerprint density at radius 2 is 2.11 bits per heavy atom. The van der Waals surface area contributed by atoms with E-state index in [0.29, 0.717) is 6.04 Å². The molecule has 94 valence electrons. The zero-order chi connectivity index (χ0) is 12.5. The zero-order valence-electron chi connectivity index (χ0n) is 10.3. The van der Waals surface area contributed by atoms with Crippen LogP contribution in [-0.2, 0) is 0 Å². The van der Waals surface area contributed by atoms with Crippen molar-refractivity contribution in [3.8, 4) is 0 Å². The Morgan fingerprint density at radius 3 is 2.78 bits per heavy atom. The monoisotopic (exact) mass is 321 g/mol. The molecular weight excluding hydrogens is 306 g/mol. The van der Waals surface area contributed by atoms with Crippen molar-refractivity contribution in [2.45, 2.75) is 25.8 Å². The van der Waals surface area contributed by atoms with Gasteiger partial charge in [0.1, 0.15) is 0 Å². The minimum atomic E-state index is 0.475. The number of thiophene rings is 1. The summed E-state index contributed by atoms with van der Waals surface area (Å²) in [5.41, 5.74) is 2.49. The number of hydrogen-bond acceptors (Lipinski definition) is 2. The van der Waals surface area contributed by atoms with Crippen molar-refractivity contribution in [2.24, 2.45) is 5.92 Å². The summed E-state index contributed by atoms with van der Waals surface area (Å²) in [6, 6.07) is 11.3. The van der Waals surface area contributed by atoms with Gasteiger partial charge in [-0.2, -0.15) is 0 Å². The summed E-state index contributed by atoms with van der Waals surface area (Å²) in [6.07, 6.45) is 2.69. The molecule has 1 nitrogen and oxygen atoms in total. The number of hydrogen-bond donors (Lipinski definition) is 1. The van der Waals surface area contributed by atoms with Gasteiger partial charge in [-0.05, 0) is 64.7 Å². The van der Waals surface area contributed by atoms with E-state index in [1.54, 1.807) is 0 Å². The summed E-state index contributed by atoms with van der Waals surface area (Å²) in [4.78, 5) is 1.45. The van der Waals surface area contributed by atoms with E-state index < -0.39 is 0 Å². The maximum absolute atomic E-state index is 3.72. The Kier molecular flexibility index (Phi) is 3.44. The molecule has 0 bridgehead atoms. The minimum absolute atomic E-state index is 0.475. The van der Waals surface area contributed by atoms with Gasteiger partial charge in [0.05, 0.1) is 6.04 Å². The first-order chi connectivity index (χ1) is 8.75. The standard InChI is InChI=1S/C15H16BrNS/c1-10-4-2-5-12(14(10)16)17-15(11-7-8-11)13-6-3-9-18-13/h2-6,9,11,15,17H,7-8H2,1H3. The fourth-order valence-electron chi connectivity index (χ4n) is 2.25. The van der Waals surface area contributed by atoms with Crippen LogP contribution in [0.3, 0.4) is 0 Å². The molecule has 0 spiro atoms. The normalized spacial score (nSPS) is 16.6. The van der Waals surface area contributed by atoms with E-state index in [1.165, 1.54) is 33.4 Å². The van der Waals surface area contributed by atoms with Gasteiger partial charge in [0, 0.05) is 15.0 Å². The second-order valence-corrected chi connectivity index (χ2v) is 6.68. The zero-order valence-corrected chi connectivity index (χ0v) is 12.7. The van der Waals surface area contributed by atoms with Crippen LogP contribution in [0.25, 0.3) is 0 Å². The molecule has 1 atom stereocenters. The van der Waals surface area contributed by atoms with E-state index >= 15 is 0 Å². The third-order valence-electron chi connectivity index (χ3n) is 3.45. The van der Waals surface area contributed by atoms with Crippen molar-refractivity contribution in [1.82, 2.24) is 0 Å². The molecule has 0 aliphatic heterocycles. The van der Waals surface area contributed by atoms with Crippen LogP contribution in [0.2, 0.25) is 0 Å². The smallest absolute Gasteiger partial charge is 0.0635 e. The average Bonchev–Trinajstić information content (AvgIpc) is 3.06. The Bertz CT molecular complexity index is 531. The quantitative estimate of drug-likeness (QED) is 0.796. The average molecular weight is 322 g/mol. The first-order valence-electron chi connectivity index (χ1n) is 6.31. The number of aryl methyl sites for hydroxylation is 1. The first-order valence-corrected chi connectivity index (χ1v) is 7.98. The molecule has 1 aliphatic rings. The Labute approximate surface area is 120 Å². The largest absolute Gasteiger partial charge is 0.376 e. The van der Waals surface area contributed by atoms with E-state index in [4.69, 9.17) is 0 Å². The maximum Gasteiger partial charge on any atom is 0.0635 e. The van der Waals surface area contributed by atoms with Gasteiger partial charge in [0.25, 0.3) is 0 Å². The molecular formula is C15H16BrNS. The van der Waals surface area contributed by atoms with Gasteiger partial charge in [-0.3, -0.25) is 0 Å². The maximum atomic E-state index is 3.72. The van der Waals surface area contributed by atoms with Crippen LogP contribution in [0.15, 0.2) is 40.2 Å². The molecule has 0 amide bonds. The highest BCUT2D eigenvalue weighted by Crippen LogP contribution is 2.45. The van der Waals surface area contributed by atoms with Gasteiger partial charge >= 0.3 is 0 Å². The molecule has 3 heteroatoms. The van der Waals surface area contributed by atoms with Crippen molar-refractivity contribution in [1.29, 1.82) is 0 Å². The molecule has 0 radical (unpaired) electrons. The summed E-state index contributed by atoms with van der Waals surface area (Å²) in [6.45, 7) is 2.13. The molecule has 1 aromatic heterocycles. The lowest BCUT2D eigenvalue weighted by atomic mass is 10.1. The lowest BCUT2D eigenvalue weighted by Gasteiger charge is -2.20. The number of halogens is 1. The van der Waals surface area contributed by atoms with Crippen LogP contribution < -0.4 is 5.32 Å². The topological polar surface area (TPSA) is 12.0 Å². The van der Waals surface area contributed by atoms with Gasteiger partial charge in [0.2, 0.25) is 0 Å². The van der Waals surface area contributed by atoms with E-state index in [0.717, 1.165) is 5.92 Å². The number of anilines is 1. The third kappa shape index (κ3) is 2.47. The lowest BCUT2D eigenvalue weighted by Crippen LogP contribution is -2.12. The summed E-state index contributed by atoms with van der Waals surface area (Å²) in [5.74, 6) is 0.802. The van der Waals surface area contributed by atoms with Gasteiger partial charge in [0.15, 0.2) is 0 Å². The predicted octanol–water partition coefficient (Wildman–Crippen LogP) is 5.38. The lowest BCUT2D eigenvalue weighted by molar-refractivity contribution is 0.690. The minimum Gasteiger partial charge on any atom is -0.376 e. The number of rotatable bonds is 4. The first kappa shape index (κ1) is 12.2. The molecule has 1 aromatic carbocycles. The van der Waals surface area contributed by atoms with E-state index in [-0.39, 0.29) is 0 Å². The molecule has 1 fully saturated rings. The summed E-state index contributed by atoms with van der Waals surface area (Å²) in [5, 5.41) is 5.88. The molecule has 2 aromatic rings. The van der Waals surface area contributed by atoms with Crippen LogP contribution >= 0.6 is 27.3 Å². The summed E-state index contributed by atoms with van der Waals surface area (Å²) in [7, 11) is 0. The summed E-state index contributed by atoms with van der Waals surface area (Å²) < 4.78 is 1.19. The van der Waals surface area contributed by atoms with Gasteiger partial charge in [-0.15, -0.1) is 11.3 Å². The number of benzene rings is 1. The van der Waals surface area contributed by atoms with E-state index in [2.05, 4.69) is 63.9 Å². The Balaban J connectivity index is 1.87. The highest BCUT2D eigenvalue weighted by molar-refractivity contribution is 9.10. The molecule has 3 rings (SSSR count). The highest BCUT2D eigenvalue weighted by atomic mass is 79.9. The Morgan fingerprint density at radius 1 is 1.28 bits per heavy atom. The molecule has 1 unspecified atom stereocenters. The second-order valence-electron chi connectivity index (χ2n) is 4.91. The van der Waals surface area contributed by atoms with Crippen LogP contribution in [0.5, 0.6) is 0 Å². The molecule has 1 aliphatic carbocycles. The number of nitrogens with one attached hydrogen (secondary N) is 1. The van der Waals surface area contributed by atoms with Gasteiger partial charge < -0.3 is 5.32 Å². The SMILES string of the molecule is Cc1cccc(NC(c2cccs2)C2CC2)c1Br. The van der Waals surface area contributed by atoms with Gasteiger partial charge in [-0.25, -0.2) is 0 Å². The third-order valence-corrected chi connectivity index (χ3v) is 5.45. The van der Waals surface area contributed by atoms with Crippen LogP contribution in [0, 0.1) is 12.8 Å². The molecule has 1 N–H and O–H groups in total. The highest BCUT2D eigenvalue weighted by Gasteiger charge is 2.33. The fraction of sp³-hybridized carbons (Fsp3) is 0.333. The molecule has 0 saturated heterocycles. The molecule has 1 heterocycles. The second kappa shape index (κ2) is 5.06. The van der Waals surface area contributed by atoms with Crippen LogP contribution in [0.1, 0.15) is 29.3 Å². The van der Waals surface area contributed by atoms with Crippen molar-refractivity contribution < 1.29 is 0 Å². The van der Waals surface area contributed by atoms with Gasteiger partial charge in [-0.1, -0.05) is 18.2 Å². The van der Waals surface area contributed by atoms with Crippen molar-refractivity contribution in [2.75, 3.05) is 5.32 Å². The molecule has 18 heavy (non-hydrogen) atoms. The van der Waals surface area contributed by atoms with E-state index in [9.17, 15) is 0 Å². The van der Waals surface area contributed by atoms with Crippen molar-refractivity contribution >= 4 is 33.0 Å². The van der Waals surface area contributed by atoms with E-state index in [1.807, 2.05) is 11.3 Å².